The van der Waals surface area contributed by atoms with E-state index in [1.165, 1.54) is 7.11 Å². The van der Waals surface area contributed by atoms with E-state index in [0.29, 0.717) is 11.4 Å². The summed E-state index contributed by atoms with van der Waals surface area (Å²) in [6, 6.07) is 6.66. The van der Waals surface area contributed by atoms with Crippen LogP contribution in [0.3, 0.4) is 0 Å². The van der Waals surface area contributed by atoms with Gasteiger partial charge in [-0.3, -0.25) is 9.59 Å². The average molecular weight is 331 g/mol. The highest BCUT2D eigenvalue weighted by Crippen LogP contribution is 2.57. The fraction of sp³-hybridized carbons (Fsp3) is 0.412. The van der Waals surface area contributed by atoms with Crippen LogP contribution >= 0.6 is 0 Å². The van der Waals surface area contributed by atoms with Gasteiger partial charge >= 0.3 is 0 Å². The van der Waals surface area contributed by atoms with Crippen molar-refractivity contribution in [3.8, 4) is 5.75 Å². The molecule has 1 aromatic rings. The van der Waals surface area contributed by atoms with Crippen LogP contribution in [0, 0.1) is 11.8 Å². The number of fused-ring (bicyclic) bond motifs is 5. The molecule has 2 bridgehead atoms. The summed E-state index contributed by atoms with van der Waals surface area (Å²) in [5, 5.41) is 9.80. The van der Waals surface area contributed by atoms with Crippen LogP contribution in [0.15, 0.2) is 36.4 Å². The largest absolute Gasteiger partial charge is 0.497 e. The standard InChI is InChI=1S/C17H17NO6/c1-22-11-5-3-10(4-6-11)18-14(20)12-13(15(18)21)17(23-2)8-7-16(12,9-19)24-17/h3-8,12-13,19H,9H2,1-2H3/t12-,13+,16-,17+/m0/s1. The van der Waals surface area contributed by atoms with Crippen molar-refractivity contribution < 1.29 is 28.9 Å². The minimum absolute atomic E-state index is 0.392. The van der Waals surface area contributed by atoms with E-state index in [4.69, 9.17) is 14.2 Å². The van der Waals surface area contributed by atoms with E-state index in [9.17, 15) is 14.7 Å². The molecule has 0 unspecified atom stereocenters. The Labute approximate surface area is 138 Å². The van der Waals surface area contributed by atoms with E-state index in [-0.39, 0.29) is 0 Å². The van der Waals surface area contributed by atoms with Crippen LogP contribution in [-0.4, -0.2) is 49.1 Å². The highest BCUT2D eigenvalue weighted by Gasteiger charge is 2.74. The van der Waals surface area contributed by atoms with Crippen molar-refractivity contribution in [2.45, 2.75) is 11.4 Å². The molecule has 1 aromatic carbocycles. The van der Waals surface area contributed by atoms with Crippen LogP contribution in [-0.2, 0) is 19.1 Å². The monoisotopic (exact) mass is 331 g/mol. The Kier molecular flexibility index (Phi) is 3.12. The average Bonchev–Trinajstić information content (AvgIpc) is 3.23. The van der Waals surface area contributed by atoms with Crippen molar-refractivity contribution in [2.24, 2.45) is 11.8 Å². The number of ether oxygens (including phenoxy) is 3. The van der Waals surface area contributed by atoms with Crippen molar-refractivity contribution in [2.75, 3.05) is 25.7 Å². The van der Waals surface area contributed by atoms with Gasteiger partial charge < -0.3 is 19.3 Å². The van der Waals surface area contributed by atoms with Gasteiger partial charge in [0.25, 0.3) is 0 Å². The highest BCUT2D eigenvalue weighted by molar-refractivity contribution is 6.23. The second-order valence-corrected chi connectivity index (χ2v) is 6.14. The van der Waals surface area contributed by atoms with Gasteiger partial charge in [0, 0.05) is 7.11 Å². The molecule has 4 rings (SSSR count). The predicted octanol–water partition coefficient (Wildman–Crippen LogP) is 0.475. The van der Waals surface area contributed by atoms with Gasteiger partial charge in [0.15, 0.2) is 0 Å². The molecule has 7 heteroatoms. The Morgan fingerprint density at radius 3 is 2.38 bits per heavy atom. The van der Waals surface area contributed by atoms with Crippen molar-refractivity contribution in [1.82, 2.24) is 0 Å². The molecule has 0 aromatic heterocycles. The Hall–Kier alpha value is -2.22. The summed E-state index contributed by atoms with van der Waals surface area (Å²) in [5.41, 5.74) is -0.756. The Balaban J connectivity index is 1.77. The lowest BCUT2D eigenvalue weighted by Crippen LogP contribution is -2.43. The lowest BCUT2D eigenvalue weighted by Gasteiger charge is -2.27. The number of carbonyl (C=O) groups excluding carboxylic acids is 2. The first-order valence-corrected chi connectivity index (χ1v) is 7.60. The molecule has 2 fully saturated rings. The van der Waals surface area contributed by atoms with Crippen LogP contribution in [0.2, 0.25) is 0 Å². The van der Waals surface area contributed by atoms with Crippen LogP contribution in [0.5, 0.6) is 5.75 Å². The SMILES string of the molecule is COc1ccc(N2C(=O)[C@@H]3[C@H](C2=O)[C@@]2(OC)C=C[C@@]3(CO)O2)cc1. The maximum atomic E-state index is 13.0. The van der Waals surface area contributed by atoms with Crippen LogP contribution in [0.25, 0.3) is 0 Å². The molecule has 3 aliphatic heterocycles. The molecule has 24 heavy (non-hydrogen) atoms. The van der Waals surface area contributed by atoms with Crippen molar-refractivity contribution in [1.29, 1.82) is 0 Å². The number of imide groups is 1. The third-order valence-corrected chi connectivity index (χ3v) is 5.11. The molecule has 3 aliphatic rings. The van der Waals surface area contributed by atoms with Crippen LogP contribution in [0.4, 0.5) is 5.69 Å². The summed E-state index contributed by atoms with van der Waals surface area (Å²) in [6.45, 7) is -0.398. The topological polar surface area (TPSA) is 85.3 Å². The van der Waals surface area contributed by atoms with Gasteiger partial charge in [-0.15, -0.1) is 0 Å². The molecule has 2 amide bonds. The molecule has 126 valence electrons. The number of carbonyl (C=O) groups is 2. The first kappa shape index (κ1) is 15.3. The normalized spacial score (nSPS) is 36.5. The maximum absolute atomic E-state index is 13.0. The molecule has 0 saturated carbocycles. The van der Waals surface area contributed by atoms with Crippen molar-refractivity contribution in [3.05, 3.63) is 36.4 Å². The maximum Gasteiger partial charge on any atom is 0.243 e. The number of benzene rings is 1. The zero-order valence-corrected chi connectivity index (χ0v) is 13.3. The number of anilines is 1. The van der Waals surface area contributed by atoms with Gasteiger partial charge in [-0.05, 0) is 36.4 Å². The molecule has 0 radical (unpaired) electrons. The van der Waals surface area contributed by atoms with Gasteiger partial charge in [-0.2, -0.15) is 0 Å². The first-order valence-electron chi connectivity index (χ1n) is 7.60. The van der Waals surface area contributed by atoms with E-state index in [0.717, 1.165) is 4.90 Å². The second-order valence-electron chi connectivity index (χ2n) is 6.14. The molecule has 0 aliphatic carbocycles. The quantitative estimate of drug-likeness (QED) is 0.638. The van der Waals surface area contributed by atoms with E-state index < -0.39 is 41.6 Å². The van der Waals surface area contributed by atoms with Gasteiger partial charge in [0.1, 0.15) is 17.3 Å². The third kappa shape index (κ3) is 1.66. The molecular formula is C17H17NO6. The minimum atomic E-state index is -1.30. The smallest absolute Gasteiger partial charge is 0.243 e. The van der Waals surface area contributed by atoms with Gasteiger partial charge in [-0.1, -0.05) is 0 Å². The molecule has 0 spiro atoms. The molecule has 4 atom stereocenters. The van der Waals surface area contributed by atoms with E-state index >= 15 is 0 Å². The summed E-state index contributed by atoms with van der Waals surface area (Å²) in [6.07, 6.45) is 3.24. The molecule has 2 saturated heterocycles. The molecule has 3 heterocycles. The summed E-state index contributed by atoms with van der Waals surface area (Å²) >= 11 is 0. The first-order chi connectivity index (χ1) is 11.5. The lowest BCUT2D eigenvalue weighted by molar-refractivity contribution is -0.205. The van der Waals surface area contributed by atoms with Crippen molar-refractivity contribution in [3.63, 3.8) is 0 Å². The molecule has 1 N–H and O–H groups in total. The molecular weight excluding hydrogens is 314 g/mol. The zero-order chi connectivity index (χ0) is 17.1. The summed E-state index contributed by atoms with van der Waals surface area (Å²) in [7, 11) is 2.97. The minimum Gasteiger partial charge on any atom is -0.497 e. The van der Waals surface area contributed by atoms with E-state index in [1.54, 1.807) is 43.5 Å². The number of aliphatic hydroxyl groups excluding tert-OH is 1. The van der Waals surface area contributed by atoms with E-state index in [2.05, 4.69) is 0 Å². The van der Waals surface area contributed by atoms with Gasteiger partial charge in [0.05, 0.1) is 25.3 Å². The second kappa shape index (κ2) is 4.89. The summed E-state index contributed by atoms with van der Waals surface area (Å²) in [5.74, 6) is -3.08. The van der Waals surface area contributed by atoms with Gasteiger partial charge in [0.2, 0.25) is 17.6 Å². The Morgan fingerprint density at radius 1 is 1.12 bits per heavy atom. The molecule has 7 nitrogen and oxygen atoms in total. The Bertz CT molecular complexity index is 706. The number of hydrogen-bond acceptors (Lipinski definition) is 6. The zero-order valence-electron chi connectivity index (χ0n) is 13.3. The third-order valence-electron chi connectivity index (χ3n) is 5.11. The number of rotatable bonds is 4. The lowest BCUT2D eigenvalue weighted by atomic mass is 9.76. The van der Waals surface area contributed by atoms with Gasteiger partial charge in [-0.25, -0.2) is 4.90 Å². The fourth-order valence-electron chi connectivity index (χ4n) is 3.93. The summed E-state index contributed by atoms with van der Waals surface area (Å²) < 4.78 is 16.3. The van der Waals surface area contributed by atoms with Crippen LogP contribution in [0.1, 0.15) is 0 Å². The number of amides is 2. The predicted molar refractivity (Wildman–Crippen MR) is 82.2 cm³/mol. The van der Waals surface area contributed by atoms with Crippen molar-refractivity contribution >= 4 is 17.5 Å². The number of methoxy groups -OCH3 is 2. The number of hydrogen-bond donors (Lipinski definition) is 1. The number of aliphatic hydroxyl groups is 1. The summed E-state index contributed by atoms with van der Waals surface area (Å²) in [4.78, 5) is 27.1. The van der Waals surface area contributed by atoms with E-state index in [1.807, 2.05) is 0 Å². The highest BCUT2D eigenvalue weighted by atomic mass is 16.7. The van der Waals surface area contributed by atoms with Crippen LogP contribution < -0.4 is 9.64 Å². The fourth-order valence-corrected chi connectivity index (χ4v) is 3.93. The Morgan fingerprint density at radius 2 is 1.79 bits per heavy atom. The number of nitrogens with zero attached hydrogens (tertiary/aromatic N) is 1.